The van der Waals surface area contributed by atoms with E-state index in [0.29, 0.717) is 17.4 Å². The first kappa shape index (κ1) is 16.1. The van der Waals surface area contributed by atoms with Crippen molar-refractivity contribution in [2.24, 2.45) is 0 Å². The molecule has 6 nitrogen and oxygen atoms in total. The van der Waals surface area contributed by atoms with Gasteiger partial charge in [0.05, 0.1) is 5.56 Å². The van der Waals surface area contributed by atoms with Gasteiger partial charge in [-0.1, -0.05) is 36.4 Å². The minimum atomic E-state index is -0.687. The number of hydrogen-bond donors (Lipinski definition) is 1. The summed E-state index contributed by atoms with van der Waals surface area (Å²) in [6, 6.07) is 15.8. The third-order valence-corrected chi connectivity index (χ3v) is 4.49. The number of nitrogens with one attached hydrogen (secondary N) is 1. The number of carbonyl (C=O) groups is 2. The van der Waals surface area contributed by atoms with Gasteiger partial charge < -0.3 is 14.6 Å². The van der Waals surface area contributed by atoms with Crippen molar-refractivity contribution in [3.8, 4) is 0 Å². The number of ether oxygens (including phenoxy) is 1. The average Bonchev–Trinajstić information content (AvgIpc) is 3.09. The van der Waals surface area contributed by atoms with Crippen LogP contribution in [-0.4, -0.2) is 30.0 Å². The van der Waals surface area contributed by atoms with E-state index in [1.807, 2.05) is 24.3 Å². The van der Waals surface area contributed by atoms with Gasteiger partial charge in [0.1, 0.15) is 0 Å². The van der Waals surface area contributed by atoms with Gasteiger partial charge in [-0.3, -0.25) is 9.59 Å². The highest BCUT2D eigenvalue weighted by Crippen LogP contribution is 2.27. The Kier molecular flexibility index (Phi) is 4.01. The number of para-hydroxylation sites is 2. The molecule has 6 heteroatoms. The Morgan fingerprint density at radius 1 is 1.08 bits per heavy atom. The minimum Gasteiger partial charge on any atom is -0.452 e. The number of aromatic amines is 1. The van der Waals surface area contributed by atoms with Gasteiger partial charge in [0, 0.05) is 29.2 Å². The van der Waals surface area contributed by atoms with Crippen molar-refractivity contribution in [3.63, 3.8) is 0 Å². The first-order valence-electron chi connectivity index (χ1n) is 8.31. The number of benzene rings is 2. The number of nitrogens with zero attached hydrogens (tertiary/aromatic N) is 1. The second kappa shape index (κ2) is 6.48. The molecule has 1 amide bonds. The molecule has 1 aliphatic rings. The Morgan fingerprint density at radius 3 is 2.73 bits per heavy atom. The summed E-state index contributed by atoms with van der Waals surface area (Å²) in [7, 11) is 0. The number of esters is 1. The van der Waals surface area contributed by atoms with E-state index in [4.69, 9.17) is 4.74 Å². The van der Waals surface area contributed by atoms with Gasteiger partial charge in [0.15, 0.2) is 6.61 Å². The van der Waals surface area contributed by atoms with Gasteiger partial charge >= 0.3 is 5.97 Å². The van der Waals surface area contributed by atoms with Crippen LogP contribution in [0.3, 0.4) is 0 Å². The van der Waals surface area contributed by atoms with Crippen molar-refractivity contribution in [3.05, 3.63) is 76.1 Å². The van der Waals surface area contributed by atoms with E-state index in [2.05, 4.69) is 4.98 Å². The monoisotopic (exact) mass is 348 g/mol. The highest BCUT2D eigenvalue weighted by atomic mass is 16.5. The lowest BCUT2D eigenvalue weighted by Gasteiger charge is -2.17. The molecule has 0 atom stereocenters. The molecule has 1 aliphatic heterocycles. The average molecular weight is 348 g/mol. The topological polar surface area (TPSA) is 79.5 Å². The first-order chi connectivity index (χ1) is 12.6. The lowest BCUT2D eigenvalue weighted by Crippen LogP contribution is -2.33. The Labute approximate surface area is 149 Å². The minimum absolute atomic E-state index is 0.152. The normalized spacial score (nSPS) is 12.8. The highest BCUT2D eigenvalue weighted by molar-refractivity contribution is 6.04. The van der Waals surface area contributed by atoms with Crippen molar-refractivity contribution < 1.29 is 14.3 Å². The van der Waals surface area contributed by atoms with Crippen LogP contribution in [0, 0.1) is 0 Å². The van der Waals surface area contributed by atoms with Gasteiger partial charge in [-0.05, 0) is 24.1 Å². The van der Waals surface area contributed by atoms with Crippen LogP contribution in [0.5, 0.6) is 0 Å². The second-order valence-electron chi connectivity index (χ2n) is 6.09. The number of hydrogen-bond acceptors (Lipinski definition) is 4. The molecule has 2 heterocycles. The van der Waals surface area contributed by atoms with Gasteiger partial charge in [0.2, 0.25) is 5.56 Å². The molecule has 26 heavy (non-hydrogen) atoms. The lowest BCUT2D eigenvalue weighted by atomic mass is 10.1. The standard InChI is InChI=1S/C20H16N2O4/c23-18-11-15(14-6-2-3-7-16(14)21-18)20(25)26-12-19(24)22-10-9-13-5-1-4-8-17(13)22/h1-8,11H,9-10,12H2,(H,21,23). The van der Waals surface area contributed by atoms with E-state index in [0.717, 1.165) is 17.7 Å². The molecule has 130 valence electrons. The molecule has 0 unspecified atom stereocenters. The molecular weight excluding hydrogens is 332 g/mol. The summed E-state index contributed by atoms with van der Waals surface area (Å²) in [5.74, 6) is -0.967. The second-order valence-corrected chi connectivity index (χ2v) is 6.09. The summed E-state index contributed by atoms with van der Waals surface area (Å²) >= 11 is 0. The zero-order chi connectivity index (χ0) is 18.1. The molecule has 2 aromatic carbocycles. The third kappa shape index (κ3) is 2.86. The number of amides is 1. The fraction of sp³-hybridized carbons (Fsp3) is 0.150. The molecule has 0 saturated carbocycles. The molecule has 0 bridgehead atoms. The van der Waals surface area contributed by atoms with E-state index < -0.39 is 11.5 Å². The van der Waals surface area contributed by atoms with Crippen LogP contribution in [-0.2, 0) is 16.0 Å². The zero-order valence-corrected chi connectivity index (χ0v) is 13.9. The fourth-order valence-electron chi connectivity index (χ4n) is 3.25. The molecule has 3 aromatic rings. The molecule has 0 saturated heterocycles. The van der Waals surface area contributed by atoms with E-state index in [-0.39, 0.29) is 18.1 Å². The van der Waals surface area contributed by atoms with Crippen LogP contribution in [0.15, 0.2) is 59.4 Å². The number of carbonyl (C=O) groups excluding carboxylic acids is 2. The van der Waals surface area contributed by atoms with Crippen LogP contribution in [0.2, 0.25) is 0 Å². The van der Waals surface area contributed by atoms with Gasteiger partial charge in [-0.2, -0.15) is 0 Å². The zero-order valence-electron chi connectivity index (χ0n) is 13.9. The Hall–Kier alpha value is -3.41. The van der Waals surface area contributed by atoms with Crippen molar-refractivity contribution >= 4 is 28.5 Å². The molecule has 0 radical (unpaired) electrons. The van der Waals surface area contributed by atoms with E-state index in [1.165, 1.54) is 6.07 Å². The van der Waals surface area contributed by atoms with Crippen molar-refractivity contribution in [1.82, 2.24) is 4.98 Å². The summed E-state index contributed by atoms with van der Waals surface area (Å²) in [4.78, 5) is 40.9. The molecule has 1 N–H and O–H groups in total. The predicted octanol–water partition coefficient (Wildman–Crippen LogP) is 2.27. The summed E-state index contributed by atoms with van der Waals surface area (Å²) in [5.41, 5.74) is 2.27. The van der Waals surface area contributed by atoms with E-state index in [1.54, 1.807) is 29.2 Å². The number of H-pyrrole nitrogens is 1. The summed E-state index contributed by atoms with van der Waals surface area (Å²) in [5, 5.41) is 0.580. The van der Waals surface area contributed by atoms with Gasteiger partial charge in [0.25, 0.3) is 5.91 Å². The number of anilines is 1. The quantitative estimate of drug-likeness (QED) is 0.737. The summed E-state index contributed by atoms with van der Waals surface area (Å²) in [6.07, 6.45) is 0.786. The Balaban J connectivity index is 1.52. The first-order valence-corrected chi connectivity index (χ1v) is 8.31. The largest absolute Gasteiger partial charge is 0.452 e. The Bertz CT molecular complexity index is 1070. The molecule has 4 rings (SSSR count). The van der Waals surface area contributed by atoms with Crippen LogP contribution in [0.1, 0.15) is 15.9 Å². The van der Waals surface area contributed by atoms with Crippen molar-refractivity contribution in [1.29, 1.82) is 0 Å². The van der Waals surface area contributed by atoms with Crippen molar-refractivity contribution in [2.75, 3.05) is 18.1 Å². The number of aromatic nitrogens is 1. The van der Waals surface area contributed by atoms with Crippen LogP contribution in [0.4, 0.5) is 5.69 Å². The van der Waals surface area contributed by atoms with Crippen LogP contribution >= 0.6 is 0 Å². The predicted molar refractivity (Wildman–Crippen MR) is 97.4 cm³/mol. The fourth-order valence-corrected chi connectivity index (χ4v) is 3.25. The number of fused-ring (bicyclic) bond motifs is 2. The van der Waals surface area contributed by atoms with E-state index in [9.17, 15) is 14.4 Å². The summed E-state index contributed by atoms with van der Waals surface area (Å²) < 4.78 is 5.20. The number of pyridine rings is 1. The molecule has 0 spiro atoms. The maximum Gasteiger partial charge on any atom is 0.339 e. The summed E-state index contributed by atoms with van der Waals surface area (Å²) in [6.45, 7) is 0.206. The van der Waals surface area contributed by atoms with Gasteiger partial charge in [-0.25, -0.2) is 4.79 Å². The molecular formula is C20H16N2O4. The maximum absolute atomic E-state index is 12.5. The molecule has 1 aromatic heterocycles. The van der Waals surface area contributed by atoms with Gasteiger partial charge in [-0.15, -0.1) is 0 Å². The highest BCUT2D eigenvalue weighted by Gasteiger charge is 2.25. The molecule has 0 fully saturated rings. The van der Waals surface area contributed by atoms with E-state index >= 15 is 0 Å². The van der Waals surface area contributed by atoms with Crippen LogP contribution < -0.4 is 10.5 Å². The van der Waals surface area contributed by atoms with Crippen LogP contribution in [0.25, 0.3) is 10.9 Å². The SMILES string of the molecule is O=C(OCC(=O)N1CCc2ccccc21)c1cc(=O)[nH]c2ccccc12. The lowest BCUT2D eigenvalue weighted by molar-refractivity contribution is -0.121. The Morgan fingerprint density at radius 2 is 1.85 bits per heavy atom. The maximum atomic E-state index is 12.5. The number of rotatable bonds is 3. The smallest absolute Gasteiger partial charge is 0.339 e. The molecule has 0 aliphatic carbocycles. The third-order valence-electron chi connectivity index (χ3n) is 4.49. The van der Waals surface area contributed by atoms with Crippen molar-refractivity contribution in [2.45, 2.75) is 6.42 Å².